The average molecular weight is 407 g/mol. The van der Waals surface area contributed by atoms with E-state index in [-0.39, 0.29) is 18.4 Å². The fraction of sp³-hybridized carbons (Fsp3) is 0.222. The van der Waals surface area contributed by atoms with Gasteiger partial charge in [-0.1, -0.05) is 12.1 Å². The van der Waals surface area contributed by atoms with Gasteiger partial charge in [0.2, 0.25) is 5.91 Å². The zero-order chi connectivity index (χ0) is 18.4. The van der Waals surface area contributed by atoms with Crippen molar-refractivity contribution in [2.75, 3.05) is 33.1 Å². The zero-order valence-electron chi connectivity index (χ0n) is 14.2. The minimum Gasteiger partial charge on any atom is -0.493 e. The predicted molar refractivity (Wildman–Crippen MR) is 99.3 cm³/mol. The van der Waals surface area contributed by atoms with Crippen molar-refractivity contribution >= 4 is 33.4 Å². The number of likely N-dealkylation sites (N-methyl/N-ethyl adjacent to an activating group) is 1. The lowest BCUT2D eigenvalue weighted by Crippen LogP contribution is -2.35. The molecule has 2 rings (SSSR count). The first kappa shape index (κ1) is 18.8. The van der Waals surface area contributed by atoms with Crippen LogP contribution in [-0.4, -0.2) is 44.5 Å². The van der Waals surface area contributed by atoms with Crippen molar-refractivity contribution in [3.63, 3.8) is 0 Å². The Bertz CT molecular complexity index is 779. The molecule has 0 spiro atoms. The molecule has 2 aromatic rings. The van der Waals surface area contributed by atoms with Crippen LogP contribution in [0.15, 0.2) is 46.9 Å². The molecule has 2 aromatic carbocycles. The van der Waals surface area contributed by atoms with Gasteiger partial charge in [0, 0.05) is 17.1 Å². The lowest BCUT2D eigenvalue weighted by molar-refractivity contribution is -0.116. The lowest BCUT2D eigenvalue weighted by Gasteiger charge is -2.18. The third-order valence-corrected chi connectivity index (χ3v) is 4.20. The van der Waals surface area contributed by atoms with Crippen LogP contribution in [0.5, 0.6) is 11.5 Å². The largest absolute Gasteiger partial charge is 0.493 e. The first-order valence-corrected chi connectivity index (χ1v) is 8.27. The smallest absolute Gasteiger partial charge is 0.254 e. The normalized spacial score (nSPS) is 10.1. The highest BCUT2D eigenvalue weighted by atomic mass is 79.9. The number of anilines is 1. The van der Waals surface area contributed by atoms with E-state index in [1.165, 1.54) is 19.1 Å². The maximum atomic E-state index is 12.5. The molecule has 25 heavy (non-hydrogen) atoms. The molecule has 1 N–H and O–H groups in total. The second-order valence-corrected chi connectivity index (χ2v) is 6.11. The molecule has 6 nitrogen and oxygen atoms in total. The summed E-state index contributed by atoms with van der Waals surface area (Å²) in [4.78, 5) is 26.0. The monoisotopic (exact) mass is 406 g/mol. The Morgan fingerprint density at radius 3 is 2.40 bits per heavy atom. The molecule has 0 radical (unpaired) electrons. The van der Waals surface area contributed by atoms with Gasteiger partial charge in [0.1, 0.15) is 0 Å². The van der Waals surface area contributed by atoms with Gasteiger partial charge in [0.25, 0.3) is 5.91 Å². The molecule has 0 unspecified atom stereocenters. The number of hydrogen-bond donors (Lipinski definition) is 1. The summed E-state index contributed by atoms with van der Waals surface area (Å²) in [6.45, 7) is -0.0749. The highest BCUT2D eigenvalue weighted by Gasteiger charge is 2.17. The number of ether oxygens (including phenoxy) is 2. The van der Waals surface area contributed by atoms with E-state index in [2.05, 4.69) is 21.2 Å². The number of halogens is 1. The first-order valence-electron chi connectivity index (χ1n) is 7.48. The quantitative estimate of drug-likeness (QED) is 0.799. The molecule has 0 saturated heterocycles. The van der Waals surface area contributed by atoms with Crippen LogP contribution < -0.4 is 14.8 Å². The van der Waals surface area contributed by atoms with Crippen LogP contribution in [0.4, 0.5) is 5.69 Å². The summed E-state index contributed by atoms with van der Waals surface area (Å²) in [6, 6.07) is 12.1. The molecule has 0 aliphatic rings. The zero-order valence-corrected chi connectivity index (χ0v) is 15.8. The lowest BCUT2D eigenvalue weighted by atomic mass is 10.1. The standard InChI is InChI=1S/C18H19BrN2O4/c1-21(11-17(22)20-14-7-5-4-6-13(14)19)18(23)12-8-9-15(24-2)16(10-12)25-3/h4-10H,11H2,1-3H3,(H,20,22). The first-order chi connectivity index (χ1) is 12.0. The van der Waals surface area contributed by atoms with Gasteiger partial charge >= 0.3 is 0 Å². The van der Waals surface area contributed by atoms with Crippen molar-refractivity contribution in [1.29, 1.82) is 0 Å². The minimum atomic E-state index is -0.289. The number of nitrogens with zero attached hydrogens (tertiary/aromatic N) is 1. The number of amides is 2. The summed E-state index contributed by atoms with van der Waals surface area (Å²) in [7, 11) is 4.59. The maximum Gasteiger partial charge on any atom is 0.254 e. The molecule has 0 heterocycles. The molecule has 0 aliphatic carbocycles. The van der Waals surface area contributed by atoms with Gasteiger partial charge < -0.3 is 19.7 Å². The number of hydrogen-bond acceptors (Lipinski definition) is 4. The molecule has 0 atom stereocenters. The van der Waals surface area contributed by atoms with Crippen LogP contribution in [-0.2, 0) is 4.79 Å². The van der Waals surface area contributed by atoms with Crippen molar-refractivity contribution in [1.82, 2.24) is 4.90 Å². The van der Waals surface area contributed by atoms with Crippen LogP contribution in [0, 0.1) is 0 Å². The third-order valence-electron chi connectivity index (χ3n) is 3.51. The van der Waals surface area contributed by atoms with E-state index < -0.39 is 0 Å². The fourth-order valence-corrected chi connectivity index (χ4v) is 2.61. The van der Waals surface area contributed by atoms with Crippen molar-refractivity contribution < 1.29 is 19.1 Å². The van der Waals surface area contributed by atoms with Gasteiger partial charge in [-0.05, 0) is 46.3 Å². The maximum absolute atomic E-state index is 12.5. The Balaban J connectivity index is 2.05. The fourth-order valence-electron chi connectivity index (χ4n) is 2.23. The summed E-state index contributed by atoms with van der Waals surface area (Å²) >= 11 is 3.37. The average Bonchev–Trinajstić information content (AvgIpc) is 2.62. The Morgan fingerprint density at radius 1 is 1.08 bits per heavy atom. The van der Waals surface area contributed by atoms with Crippen LogP contribution in [0.3, 0.4) is 0 Å². The molecule has 0 aromatic heterocycles. The van der Waals surface area contributed by atoms with Gasteiger partial charge in [-0.15, -0.1) is 0 Å². The van der Waals surface area contributed by atoms with Gasteiger partial charge in [-0.2, -0.15) is 0 Å². The number of carbonyl (C=O) groups is 2. The van der Waals surface area contributed by atoms with Gasteiger partial charge in [0.15, 0.2) is 11.5 Å². The second kappa shape index (κ2) is 8.53. The Labute approximate surface area is 154 Å². The van der Waals surface area contributed by atoms with Crippen molar-refractivity contribution in [3.05, 3.63) is 52.5 Å². The van der Waals surface area contributed by atoms with Gasteiger partial charge in [0.05, 0.1) is 26.5 Å². The van der Waals surface area contributed by atoms with E-state index in [0.29, 0.717) is 22.7 Å². The van der Waals surface area contributed by atoms with E-state index >= 15 is 0 Å². The van der Waals surface area contributed by atoms with Crippen LogP contribution in [0.25, 0.3) is 0 Å². The van der Waals surface area contributed by atoms with E-state index in [9.17, 15) is 9.59 Å². The van der Waals surface area contributed by atoms with E-state index in [1.54, 1.807) is 31.3 Å². The number of methoxy groups -OCH3 is 2. The van der Waals surface area contributed by atoms with Gasteiger partial charge in [-0.25, -0.2) is 0 Å². The summed E-state index contributed by atoms with van der Waals surface area (Å²) in [5, 5.41) is 2.76. The Morgan fingerprint density at radius 2 is 1.76 bits per heavy atom. The number of carbonyl (C=O) groups excluding carboxylic acids is 2. The molecular formula is C18H19BrN2O4. The molecule has 0 fully saturated rings. The Kier molecular flexibility index (Phi) is 6.41. The third kappa shape index (κ3) is 4.73. The van der Waals surface area contributed by atoms with E-state index in [4.69, 9.17) is 9.47 Å². The molecular weight excluding hydrogens is 388 g/mol. The summed E-state index contributed by atoms with van der Waals surface area (Å²) < 4.78 is 11.1. The topological polar surface area (TPSA) is 67.9 Å². The van der Waals surface area contributed by atoms with Crippen LogP contribution in [0.2, 0.25) is 0 Å². The number of nitrogens with one attached hydrogen (secondary N) is 1. The summed E-state index contributed by atoms with van der Waals surface area (Å²) in [6.07, 6.45) is 0. The number of para-hydroxylation sites is 1. The molecule has 132 valence electrons. The van der Waals surface area contributed by atoms with Crippen molar-refractivity contribution in [3.8, 4) is 11.5 Å². The minimum absolute atomic E-state index is 0.0749. The van der Waals surface area contributed by atoms with Crippen LogP contribution >= 0.6 is 15.9 Å². The summed E-state index contributed by atoms with van der Waals surface area (Å²) in [5.41, 5.74) is 1.06. The summed E-state index contributed by atoms with van der Waals surface area (Å²) in [5.74, 6) is 0.416. The molecule has 0 saturated carbocycles. The highest BCUT2D eigenvalue weighted by molar-refractivity contribution is 9.10. The Hall–Kier alpha value is -2.54. The number of benzene rings is 2. The van der Waals surface area contributed by atoms with Gasteiger partial charge in [-0.3, -0.25) is 9.59 Å². The second-order valence-electron chi connectivity index (χ2n) is 5.26. The molecule has 0 aliphatic heterocycles. The van der Waals surface area contributed by atoms with Crippen LogP contribution in [0.1, 0.15) is 10.4 Å². The van der Waals surface area contributed by atoms with E-state index in [0.717, 1.165) is 4.47 Å². The number of rotatable bonds is 6. The predicted octanol–water partition coefficient (Wildman–Crippen LogP) is 3.18. The molecule has 7 heteroatoms. The molecule has 0 bridgehead atoms. The molecule has 2 amide bonds. The van der Waals surface area contributed by atoms with E-state index in [1.807, 2.05) is 18.2 Å². The van der Waals surface area contributed by atoms with Crippen molar-refractivity contribution in [2.45, 2.75) is 0 Å². The van der Waals surface area contributed by atoms with Crippen molar-refractivity contribution in [2.24, 2.45) is 0 Å². The highest BCUT2D eigenvalue weighted by Crippen LogP contribution is 2.28. The SMILES string of the molecule is COc1ccc(C(=O)N(C)CC(=O)Nc2ccccc2Br)cc1OC.